The fraction of sp³-hybridized carbons (Fsp3) is 0.400. The topological polar surface area (TPSA) is 41.5 Å². The zero-order chi connectivity index (χ0) is 12.3. The maximum atomic E-state index is 12.6. The molecule has 0 aliphatic carbocycles. The Bertz CT molecular complexity index is 377. The first-order valence-electron chi connectivity index (χ1n) is 4.52. The molecule has 0 bridgehead atoms. The molecule has 1 aromatic carbocycles. The number of hydrogen-bond acceptors (Lipinski definition) is 3. The van der Waals surface area contributed by atoms with Gasteiger partial charge in [-0.2, -0.15) is 13.2 Å². The fourth-order valence-corrected chi connectivity index (χ4v) is 1.40. The fourth-order valence-electron chi connectivity index (χ4n) is 1.40. The Morgan fingerprint density at radius 3 is 2.44 bits per heavy atom. The van der Waals surface area contributed by atoms with Gasteiger partial charge in [-0.05, 0) is 19.2 Å². The highest BCUT2D eigenvalue weighted by Gasteiger charge is 2.35. The van der Waals surface area contributed by atoms with Gasteiger partial charge in [0.05, 0.1) is 12.7 Å². The quantitative estimate of drug-likeness (QED) is 0.843. The van der Waals surface area contributed by atoms with Crippen LogP contribution in [-0.4, -0.2) is 19.3 Å². The number of ether oxygens (including phenoxy) is 1. The van der Waals surface area contributed by atoms with E-state index in [1.807, 2.05) is 0 Å². The molecule has 3 nitrogen and oxygen atoms in total. The van der Waals surface area contributed by atoms with Crippen molar-refractivity contribution in [3.8, 4) is 11.5 Å². The minimum Gasteiger partial charge on any atom is -0.504 e. The molecule has 0 amide bonds. The summed E-state index contributed by atoms with van der Waals surface area (Å²) in [5.74, 6) is -0.454. The lowest BCUT2D eigenvalue weighted by Gasteiger charge is -2.15. The van der Waals surface area contributed by atoms with Crippen molar-refractivity contribution in [2.24, 2.45) is 0 Å². The van der Waals surface area contributed by atoms with E-state index in [-0.39, 0.29) is 17.9 Å². The summed E-state index contributed by atoms with van der Waals surface area (Å²) in [6.07, 6.45) is -4.49. The third kappa shape index (κ3) is 2.38. The van der Waals surface area contributed by atoms with E-state index >= 15 is 0 Å². The first-order chi connectivity index (χ1) is 7.41. The number of nitrogens with one attached hydrogen (secondary N) is 1. The van der Waals surface area contributed by atoms with Crippen molar-refractivity contribution in [3.05, 3.63) is 23.3 Å². The van der Waals surface area contributed by atoms with Crippen molar-refractivity contribution in [1.29, 1.82) is 0 Å². The second-order valence-corrected chi connectivity index (χ2v) is 3.17. The first-order valence-corrected chi connectivity index (χ1v) is 4.52. The highest BCUT2D eigenvalue weighted by Crippen LogP contribution is 2.40. The SMILES string of the molecule is CNCc1c(C(F)(F)F)ccc(OC)c1O. The summed E-state index contributed by atoms with van der Waals surface area (Å²) in [6, 6.07) is 1.99. The van der Waals surface area contributed by atoms with Crippen LogP contribution >= 0.6 is 0 Å². The molecule has 0 saturated heterocycles. The van der Waals surface area contributed by atoms with E-state index in [4.69, 9.17) is 4.74 Å². The van der Waals surface area contributed by atoms with Gasteiger partial charge in [-0.3, -0.25) is 0 Å². The predicted octanol–water partition coefficient (Wildman–Crippen LogP) is 2.14. The first kappa shape index (κ1) is 12.6. The van der Waals surface area contributed by atoms with Crippen LogP contribution in [0.3, 0.4) is 0 Å². The average molecular weight is 235 g/mol. The molecule has 0 heterocycles. The lowest BCUT2D eigenvalue weighted by molar-refractivity contribution is -0.138. The molecule has 2 N–H and O–H groups in total. The normalized spacial score (nSPS) is 11.6. The largest absolute Gasteiger partial charge is 0.504 e. The molecule has 0 unspecified atom stereocenters. The molecule has 0 aliphatic heterocycles. The third-order valence-electron chi connectivity index (χ3n) is 2.12. The molecule has 0 fully saturated rings. The van der Waals surface area contributed by atoms with Crippen molar-refractivity contribution >= 4 is 0 Å². The van der Waals surface area contributed by atoms with Crippen LogP contribution in [0.4, 0.5) is 13.2 Å². The van der Waals surface area contributed by atoms with Crippen LogP contribution in [0, 0.1) is 0 Å². The monoisotopic (exact) mass is 235 g/mol. The van der Waals surface area contributed by atoms with Crippen molar-refractivity contribution in [3.63, 3.8) is 0 Å². The Morgan fingerprint density at radius 1 is 1.38 bits per heavy atom. The second-order valence-electron chi connectivity index (χ2n) is 3.17. The molecule has 90 valence electrons. The van der Waals surface area contributed by atoms with Gasteiger partial charge in [0.25, 0.3) is 0 Å². The van der Waals surface area contributed by atoms with Gasteiger partial charge in [0, 0.05) is 12.1 Å². The minimum absolute atomic E-state index is 0.0262. The molecule has 1 rings (SSSR count). The van der Waals surface area contributed by atoms with Gasteiger partial charge in [0.2, 0.25) is 0 Å². The van der Waals surface area contributed by atoms with Crippen LogP contribution < -0.4 is 10.1 Å². The smallest absolute Gasteiger partial charge is 0.416 e. The summed E-state index contributed by atoms with van der Waals surface area (Å²) < 4.78 is 42.6. The van der Waals surface area contributed by atoms with Crippen LogP contribution in [0.25, 0.3) is 0 Å². The average Bonchev–Trinajstić information content (AvgIpc) is 2.19. The lowest BCUT2D eigenvalue weighted by atomic mass is 10.1. The number of alkyl halides is 3. The number of phenols is 1. The number of hydrogen-bond donors (Lipinski definition) is 2. The molecule has 0 saturated carbocycles. The number of benzene rings is 1. The molecule has 0 aliphatic rings. The van der Waals surface area contributed by atoms with E-state index in [9.17, 15) is 18.3 Å². The van der Waals surface area contributed by atoms with E-state index in [0.717, 1.165) is 12.1 Å². The number of halogens is 3. The van der Waals surface area contributed by atoms with Gasteiger partial charge in [0.1, 0.15) is 0 Å². The van der Waals surface area contributed by atoms with Crippen LogP contribution in [0.5, 0.6) is 11.5 Å². The molecular formula is C10H12F3NO2. The van der Waals surface area contributed by atoms with Crippen molar-refractivity contribution in [2.75, 3.05) is 14.2 Å². The summed E-state index contributed by atoms with van der Waals surface area (Å²) in [4.78, 5) is 0. The summed E-state index contributed by atoms with van der Waals surface area (Å²) >= 11 is 0. The van der Waals surface area contributed by atoms with Crippen LogP contribution in [0.1, 0.15) is 11.1 Å². The lowest BCUT2D eigenvalue weighted by Crippen LogP contribution is -2.14. The molecule has 0 atom stereocenters. The molecule has 0 spiro atoms. The second kappa shape index (κ2) is 4.61. The molecule has 6 heteroatoms. The number of rotatable bonds is 3. The van der Waals surface area contributed by atoms with Gasteiger partial charge in [0.15, 0.2) is 11.5 Å². The zero-order valence-electron chi connectivity index (χ0n) is 8.85. The Kier molecular flexibility index (Phi) is 3.64. The van der Waals surface area contributed by atoms with Crippen molar-refractivity contribution < 1.29 is 23.0 Å². The Morgan fingerprint density at radius 2 is 2.00 bits per heavy atom. The van der Waals surface area contributed by atoms with E-state index in [0.29, 0.717) is 0 Å². The van der Waals surface area contributed by atoms with E-state index < -0.39 is 17.5 Å². The van der Waals surface area contributed by atoms with Gasteiger partial charge < -0.3 is 15.2 Å². The maximum Gasteiger partial charge on any atom is 0.416 e. The van der Waals surface area contributed by atoms with Crippen molar-refractivity contribution in [2.45, 2.75) is 12.7 Å². The van der Waals surface area contributed by atoms with Gasteiger partial charge in [-0.15, -0.1) is 0 Å². The van der Waals surface area contributed by atoms with Crippen LogP contribution in [-0.2, 0) is 12.7 Å². The molecule has 0 aromatic heterocycles. The zero-order valence-corrected chi connectivity index (χ0v) is 8.85. The highest BCUT2D eigenvalue weighted by molar-refractivity contribution is 5.50. The van der Waals surface area contributed by atoms with Crippen LogP contribution in [0.2, 0.25) is 0 Å². The third-order valence-corrected chi connectivity index (χ3v) is 2.12. The molecule has 0 radical (unpaired) electrons. The van der Waals surface area contributed by atoms with Crippen molar-refractivity contribution in [1.82, 2.24) is 5.32 Å². The van der Waals surface area contributed by atoms with E-state index in [1.165, 1.54) is 14.2 Å². The summed E-state index contributed by atoms with van der Waals surface area (Å²) in [6.45, 7) is -0.0854. The highest BCUT2D eigenvalue weighted by atomic mass is 19.4. The molecule has 1 aromatic rings. The van der Waals surface area contributed by atoms with Gasteiger partial charge in [-0.25, -0.2) is 0 Å². The van der Waals surface area contributed by atoms with Crippen LogP contribution in [0.15, 0.2) is 12.1 Å². The maximum absolute atomic E-state index is 12.6. The minimum atomic E-state index is -4.49. The predicted molar refractivity (Wildman–Crippen MR) is 52.4 cm³/mol. The Labute approximate surface area is 90.8 Å². The number of phenolic OH excluding ortho intramolecular Hbond substituents is 1. The summed E-state index contributed by atoms with van der Waals surface area (Å²) in [5.41, 5.74) is -1.07. The van der Waals surface area contributed by atoms with Gasteiger partial charge >= 0.3 is 6.18 Å². The summed E-state index contributed by atoms with van der Waals surface area (Å²) in [7, 11) is 2.78. The van der Waals surface area contributed by atoms with E-state index in [2.05, 4.69) is 5.32 Å². The standard InChI is InChI=1S/C10H12F3NO2/c1-14-5-6-7(10(11,12)13)3-4-8(16-2)9(6)15/h3-4,14-15H,5H2,1-2H3. The Hall–Kier alpha value is -1.43. The van der Waals surface area contributed by atoms with E-state index in [1.54, 1.807) is 0 Å². The molecule has 16 heavy (non-hydrogen) atoms. The number of aromatic hydroxyl groups is 1. The molecular weight excluding hydrogens is 223 g/mol. The summed E-state index contributed by atoms with van der Waals surface area (Å²) in [5, 5.41) is 12.2. The Balaban J connectivity index is 3.34. The van der Waals surface area contributed by atoms with Gasteiger partial charge in [-0.1, -0.05) is 0 Å². The number of methoxy groups -OCH3 is 1.